The number of rotatable bonds is 2. The van der Waals surface area contributed by atoms with Crippen LogP contribution in [0.4, 0.5) is 13.2 Å². The fraction of sp³-hybridized carbons (Fsp3) is 0.273. The van der Waals surface area contributed by atoms with Crippen molar-refractivity contribution in [2.75, 3.05) is 0 Å². The molecule has 0 amide bonds. The minimum Gasteiger partial charge on any atom is -0.324 e. The van der Waals surface area contributed by atoms with Crippen LogP contribution < -0.4 is 5.73 Å². The first-order valence-electron chi connectivity index (χ1n) is 5.22. The van der Waals surface area contributed by atoms with Crippen molar-refractivity contribution in [2.45, 2.75) is 19.6 Å². The Labute approximate surface area is 101 Å². The van der Waals surface area contributed by atoms with Crippen molar-refractivity contribution in [2.24, 2.45) is 5.73 Å². The summed E-state index contributed by atoms with van der Waals surface area (Å²) in [4.78, 5) is 4.04. The molecule has 96 valence electrons. The lowest BCUT2D eigenvalue weighted by molar-refractivity contribution is -0.137. The second-order valence-corrected chi connectivity index (χ2v) is 3.74. The molecule has 0 saturated carbocycles. The van der Waals surface area contributed by atoms with Gasteiger partial charge >= 0.3 is 6.18 Å². The number of alkyl halides is 3. The molecule has 0 unspecified atom stereocenters. The Bertz CT molecular complexity index is 560. The van der Waals surface area contributed by atoms with Crippen LogP contribution in [0.15, 0.2) is 24.3 Å². The molecule has 4 nitrogen and oxygen atoms in total. The first-order valence-corrected chi connectivity index (χ1v) is 5.22. The van der Waals surface area contributed by atoms with Gasteiger partial charge in [-0.15, -0.1) is 0 Å². The van der Waals surface area contributed by atoms with Crippen molar-refractivity contribution in [1.29, 1.82) is 0 Å². The molecule has 0 aliphatic rings. The molecule has 0 atom stereocenters. The third kappa shape index (κ3) is 2.35. The lowest BCUT2D eigenvalue weighted by Crippen LogP contribution is -2.10. The smallest absolute Gasteiger partial charge is 0.324 e. The Morgan fingerprint density at radius 1 is 1.33 bits per heavy atom. The summed E-state index contributed by atoms with van der Waals surface area (Å²) in [5.41, 5.74) is 5.05. The fourth-order valence-electron chi connectivity index (χ4n) is 1.61. The van der Waals surface area contributed by atoms with Crippen molar-refractivity contribution in [1.82, 2.24) is 14.8 Å². The lowest BCUT2D eigenvalue weighted by atomic mass is 10.2. The molecular weight excluding hydrogens is 245 g/mol. The SMILES string of the molecule is Cc1nc(CN)n(-c2cccc(C(F)(F)F)c2)n1. The topological polar surface area (TPSA) is 56.7 Å². The molecule has 1 aromatic heterocycles. The molecule has 0 aliphatic heterocycles. The monoisotopic (exact) mass is 256 g/mol. The third-order valence-electron chi connectivity index (χ3n) is 2.38. The maximum Gasteiger partial charge on any atom is 0.416 e. The van der Waals surface area contributed by atoms with Crippen LogP contribution in [0.25, 0.3) is 5.69 Å². The van der Waals surface area contributed by atoms with Crippen molar-refractivity contribution >= 4 is 0 Å². The molecule has 2 N–H and O–H groups in total. The quantitative estimate of drug-likeness (QED) is 0.894. The summed E-state index contributed by atoms with van der Waals surface area (Å²) in [5.74, 6) is 0.889. The average molecular weight is 256 g/mol. The molecule has 0 radical (unpaired) electrons. The number of hydrogen-bond acceptors (Lipinski definition) is 3. The van der Waals surface area contributed by atoms with Crippen LogP contribution in [0.5, 0.6) is 0 Å². The van der Waals surface area contributed by atoms with Crippen LogP contribution in [0.2, 0.25) is 0 Å². The summed E-state index contributed by atoms with van der Waals surface area (Å²) < 4.78 is 39.1. The molecule has 0 fully saturated rings. The summed E-state index contributed by atoms with van der Waals surface area (Å²) in [6, 6.07) is 4.89. The van der Waals surface area contributed by atoms with Gasteiger partial charge in [0, 0.05) is 0 Å². The Morgan fingerprint density at radius 3 is 2.67 bits per heavy atom. The van der Waals surface area contributed by atoms with E-state index in [1.165, 1.54) is 16.8 Å². The molecule has 0 aliphatic carbocycles. The lowest BCUT2D eigenvalue weighted by Gasteiger charge is -2.09. The number of aromatic nitrogens is 3. The average Bonchev–Trinajstić information content (AvgIpc) is 2.69. The van der Waals surface area contributed by atoms with E-state index in [-0.39, 0.29) is 6.54 Å². The summed E-state index contributed by atoms with van der Waals surface area (Å²) in [5, 5.41) is 4.03. The second kappa shape index (κ2) is 4.41. The highest BCUT2D eigenvalue weighted by Gasteiger charge is 2.30. The molecule has 2 aromatic rings. The van der Waals surface area contributed by atoms with E-state index < -0.39 is 11.7 Å². The maximum absolute atomic E-state index is 12.6. The number of nitrogens with two attached hydrogens (primary N) is 1. The van der Waals surface area contributed by atoms with Crippen LogP contribution in [-0.2, 0) is 12.7 Å². The first-order chi connectivity index (χ1) is 8.41. The zero-order chi connectivity index (χ0) is 13.3. The normalized spacial score (nSPS) is 11.8. The fourth-order valence-corrected chi connectivity index (χ4v) is 1.61. The molecule has 18 heavy (non-hydrogen) atoms. The van der Waals surface area contributed by atoms with Gasteiger partial charge < -0.3 is 5.73 Å². The molecule has 0 saturated heterocycles. The van der Waals surface area contributed by atoms with Crippen LogP contribution in [0.1, 0.15) is 17.2 Å². The zero-order valence-corrected chi connectivity index (χ0v) is 9.57. The largest absolute Gasteiger partial charge is 0.416 e. The van der Waals surface area contributed by atoms with Crippen molar-refractivity contribution in [3.05, 3.63) is 41.5 Å². The van der Waals surface area contributed by atoms with E-state index in [0.717, 1.165) is 12.1 Å². The molecule has 1 aromatic carbocycles. The van der Waals surface area contributed by atoms with Gasteiger partial charge in [-0.2, -0.15) is 18.3 Å². The van der Waals surface area contributed by atoms with Crippen molar-refractivity contribution < 1.29 is 13.2 Å². The number of aryl methyl sites for hydroxylation is 1. The van der Waals surface area contributed by atoms with E-state index >= 15 is 0 Å². The van der Waals surface area contributed by atoms with Gasteiger partial charge in [-0.25, -0.2) is 9.67 Å². The Balaban J connectivity index is 2.51. The van der Waals surface area contributed by atoms with E-state index in [1.54, 1.807) is 6.92 Å². The van der Waals surface area contributed by atoms with Crippen LogP contribution in [0.3, 0.4) is 0 Å². The predicted octanol–water partition coefficient (Wildman–Crippen LogP) is 2.05. The van der Waals surface area contributed by atoms with Gasteiger partial charge in [0.2, 0.25) is 0 Å². The van der Waals surface area contributed by atoms with Crippen molar-refractivity contribution in [3.8, 4) is 5.69 Å². The van der Waals surface area contributed by atoms with E-state index in [4.69, 9.17) is 5.73 Å². The molecule has 0 bridgehead atoms. The molecule has 0 spiro atoms. The number of nitrogens with zero attached hydrogens (tertiary/aromatic N) is 3. The van der Waals surface area contributed by atoms with Gasteiger partial charge in [-0.05, 0) is 25.1 Å². The highest BCUT2D eigenvalue weighted by atomic mass is 19.4. The minimum atomic E-state index is -4.38. The zero-order valence-electron chi connectivity index (χ0n) is 9.57. The van der Waals surface area contributed by atoms with Gasteiger partial charge in [0.05, 0.1) is 17.8 Å². The summed E-state index contributed by atoms with van der Waals surface area (Å²) >= 11 is 0. The molecular formula is C11H11F3N4. The Hall–Kier alpha value is -1.89. The summed E-state index contributed by atoms with van der Waals surface area (Å²) in [6.45, 7) is 1.76. The van der Waals surface area contributed by atoms with Gasteiger partial charge in [0.25, 0.3) is 0 Å². The third-order valence-corrected chi connectivity index (χ3v) is 2.38. The molecule has 2 rings (SSSR count). The summed E-state index contributed by atoms with van der Waals surface area (Å²) in [6.07, 6.45) is -4.38. The maximum atomic E-state index is 12.6. The Morgan fingerprint density at radius 2 is 2.06 bits per heavy atom. The molecule has 7 heteroatoms. The Kier molecular flexibility index (Phi) is 3.08. The minimum absolute atomic E-state index is 0.108. The summed E-state index contributed by atoms with van der Waals surface area (Å²) in [7, 11) is 0. The van der Waals surface area contributed by atoms with Gasteiger partial charge in [-0.3, -0.25) is 0 Å². The van der Waals surface area contributed by atoms with E-state index in [1.807, 2.05) is 0 Å². The van der Waals surface area contributed by atoms with Gasteiger partial charge in [0.15, 0.2) is 0 Å². The molecule has 1 heterocycles. The van der Waals surface area contributed by atoms with Crippen LogP contribution >= 0.6 is 0 Å². The highest BCUT2D eigenvalue weighted by molar-refractivity contribution is 5.37. The van der Waals surface area contributed by atoms with Crippen LogP contribution in [0, 0.1) is 6.92 Å². The number of benzene rings is 1. The van der Waals surface area contributed by atoms with E-state index in [9.17, 15) is 13.2 Å². The number of hydrogen-bond donors (Lipinski definition) is 1. The van der Waals surface area contributed by atoms with E-state index in [2.05, 4.69) is 10.1 Å². The predicted molar refractivity (Wildman–Crippen MR) is 59.0 cm³/mol. The standard InChI is InChI=1S/C11H11F3N4/c1-7-16-10(6-15)18(17-7)9-4-2-3-8(5-9)11(12,13)14/h2-5H,6,15H2,1H3. The van der Waals surface area contributed by atoms with Gasteiger partial charge in [0.1, 0.15) is 11.6 Å². The first kappa shape index (κ1) is 12.6. The van der Waals surface area contributed by atoms with Crippen molar-refractivity contribution in [3.63, 3.8) is 0 Å². The highest BCUT2D eigenvalue weighted by Crippen LogP contribution is 2.30. The second-order valence-electron chi connectivity index (χ2n) is 3.74. The number of halogens is 3. The van der Waals surface area contributed by atoms with Crippen LogP contribution in [-0.4, -0.2) is 14.8 Å². The van der Waals surface area contributed by atoms with E-state index in [0.29, 0.717) is 17.3 Å². The van der Waals surface area contributed by atoms with Gasteiger partial charge in [-0.1, -0.05) is 6.07 Å².